The van der Waals surface area contributed by atoms with Crippen molar-refractivity contribution in [2.45, 2.75) is 39.2 Å². The molecule has 5 heteroatoms. The van der Waals surface area contributed by atoms with Gasteiger partial charge in [-0.1, -0.05) is 49.3 Å². The van der Waals surface area contributed by atoms with Gasteiger partial charge in [-0.25, -0.2) is 0 Å². The van der Waals surface area contributed by atoms with Gasteiger partial charge in [0.05, 0.1) is 0 Å². The molecule has 3 rings (SSSR count). The van der Waals surface area contributed by atoms with Crippen LogP contribution in [0.4, 0.5) is 0 Å². The SMILES string of the molecule is CC(C)C(=O)N1CCCC[C@H]1c1nc(-c2ccccc2)no1. The molecule has 2 aromatic rings. The summed E-state index contributed by atoms with van der Waals surface area (Å²) in [4.78, 5) is 18.8. The third-order valence-corrected chi connectivity index (χ3v) is 4.04. The molecule has 1 aliphatic rings. The van der Waals surface area contributed by atoms with Crippen molar-refractivity contribution in [3.63, 3.8) is 0 Å². The molecule has 1 saturated heterocycles. The van der Waals surface area contributed by atoms with Crippen LogP contribution in [0.5, 0.6) is 0 Å². The van der Waals surface area contributed by atoms with Gasteiger partial charge in [-0.3, -0.25) is 4.79 Å². The van der Waals surface area contributed by atoms with Crippen molar-refractivity contribution in [1.82, 2.24) is 15.0 Å². The molecule has 1 aromatic heterocycles. The van der Waals surface area contributed by atoms with Gasteiger partial charge in [0.15, 0.2) is 0 Å². The van der Waals surface area contributed by atoms with Gasteiger partial charge in [-0.15, -0.1) is 0 Å². The minimum Gasteiger partial charge on any atom is -0.337 e. The number of nitrogens with zero attached hydrogens (tertiary/aromatic N) is 3. The smallest absolute Gasteiger partial charge is 0.249 e. The highest BCUT2D eigenvalue weighted by Gasteiger charge is 2.33. The second-order valence-corrected chi connectivity index (χ2v) is 6.02. The maximum atomic E-state index is 12.4. The summed E-state index contributed by atoms with van der Waals surface area (Å²) < 4.78 is 5.46. The lowest BCUT2D eigenvalue weighted by atomic mass is 10.00. The van der Waals surface area contributed by atoms with Crippen LogP contribution in [0.25, 0.3) is 11.4 Å². The van der Waals surface area contributed by atoms with Crippen molar-refractivity contribution in [3.05, 3.63) is 36.2 Å². The lowest BCUT2D eigenvalue weighted by Crippen LogP contribution is -2.40. The molecule has 22 heavy (non-hydrogen) atoms. The molecule has 0 bridgehead atoms. The minimum atomic E-state index is -0.0892. The summed E-state index contributed by atoms with van der Waals surface area (Å²) in [5, 5.41) is 4.08. The van der Waals surface area contributed by atoms with E-state index in [0.29, 0.717) is 11.7 Å². The molecular formula is C17H21N3O2. The molecule has 1 atom stereocenters. The van der Waals surface area contributed by atoms with Crippen LogP contribution in [-0.4, -0.2) is 27.5 Å². The van der Waals surface area contributed by atoms with Crippen molar-refractivity contribution in [2.24, 2.45) is 5.92 Å². The first-order valence-electron chi connectivity index (χ1n) is 7.86. The highest BCUT2D eigenvalue weighted by Crippen LogP contribution is 2.32. The van der Waals surface area contributed by atoms with Crippen LogP contribution in [0, 0.1) is 5.92 Å². The molecule has 116 valence electrons. The minimum absolute atomic E-state index is 0.0166. The number of rotatable bonds is 3. The molecule has 0 saturated carbocycles. The van der Waals surface area contributed by atoms with E-state index in [9.17, 15) is 4.79 Å². The van der Waals surface area contributed by atoms with Crippen LogP contribution in [-0.2, 0) is 4.79 Å². The number of piperidine rings is 1. The van der Waals surface area contributed by atoms with E-state index >= 15 is 0 Å². The Kier molecular flexibility index (Phi) is 4.22. The fourth-order valence-electron chi connectivity index (χ4n) is 2.86. The Morgan fingerprint density at radius 3 is 2.77 bits per heavy atom. The first-order valence-corrected chi connectivity index (χ1v) is 7.86. The Bertz CT molecular complexity index is 636. The summed E-state index contributed by atoms with van der Waals surface area (Å²) in [6.07, 6.45) is 3.00. The average molecular weight is 299 g/mol. The summed E-state index contributed by atoms with van der Waals surface area (Å²) in [6.45, 7) is 4.62. The molecule has 1 amide bonds. The van der Waals surface area contributed by atoms with Gasteiger partial charge >= 0.3 is 0 Å². The van der Waals surface area contributed by atoms with E-state index in [1.165, 1.54) is 0 Å². The number of carbonyl (C=O) groups excluding carboxylic acids is 1. The second kappa shape index (κ2) is 6.30. The molecule has 0 aliphatic carbocycles. The maximum absolute atomic E-state index is 12.4. The highest BCUT2D eigenvalue weighted by atomic mass is 16.5. The molecule has 5 nitrogen and oxygen atoms in total. The number of carbonyl (C=O) groups is 1. The normalized spacial score (nSPS) is 18.7. The maximum Gasteiger partial charge on any atom is 0.249 e. The fraction of sp³-hybridized carbons (Fsp3) is 0.471. The molecule has 0 spiro atoms. The van der Waals surface area contributed by atoms with Crippen LogP contribution in [0.1, 0.15) is 45.0 Å². The Hall–Kier alpha value is -2.17. The molecule has 0 N–H and O–H groups in total. The average Bonchev–Trinajstić information content (AvgIpc) is 3.05. The topological polar surface area (TPSA) is 59.2 Å². The molecular weight excluding hydrogens is 278 g/mol. The van der Waals surface area contributed by atoms with Gasteiger partial charge < -0.3 is 9.42 Å². The van der Waals surface area contributed by atoms with Crippen LogP contribution in [0.3, 0.4) is 0 Å². The lowest BCUT2D eigenvalue weighted by molar-refractivity contribution is -0.139. The van der Waals surface area contributed by atoms with Crippen LogP contribution in [0.15, 0.2) is 34.9 Å². The third-order valence-electron chi connectivity index (χ3n) is 4.04. The van der Waals surface area contributed by atoms with Gasteiger partial charge in [-0.2, -0.15) is 4.98 Å². The van der Waals surface area contributed by atoms with E-state index < -0.39 is 0 Å². The van der Waals surface area contributed by atoms with Gasteiger partial charge in [0.1, 0.15) is 6.04 Å². The molecule has 2 heterocycles. The molecule has 1 aromatic carbocycles. The van der Waals surface area contributed by atoms with E-state index in [1.54, 1.807) is 0 Å². The van der Waals surface area contributed by atoms with Crippen molar-refractivity contribution in [3.8, 4) is 11.4 Å². The summed E-state index contributed by atoms with van der Waals surface area (Å²) in [7, 11) is 0. The predicted octanol–water partition coefficient (Wildman–Crippen LogP) is 3.45. The fourth-order valence-corrected chi connectivity index (χ4v) is 2.86. The lowest BCUT2D eigenvalue weighted by Gasteiger charge is -2.34. The largest absolute Gasteiger partial charge is 0.337 e. The highest BCUT2D eigenvalue weighted by molar-refractivity contribution is 5.78. The van der Waals surface area contributed by atoms with Crippen LogP contribution >= 0.6 is 0 Å². The van der Waals surface area contributed by atoms with Crippen molar-refractivity contribution >= 4 is 5.91 Å². The monoisotopic (exact) mass is 299 g/mol. The standard InChI is InChI=1S/C17H21N3O2/c1-12(2)17(21)20-11-7-6-10-14(20)16-18-15(19-22-16)13-8-4-3-5-9-13/h3-5,8-9,12,14H,6-7,10-11H2,1-2H3/t14-/m0/s1. The summed E-state index contributed by atoms with van der Waals surface area (Å²) in [6, 6.07) is 9.66. The van der Waals surface area contributed by atoms with Crippen molar-refractivity contribution in [2.75, 3.05) is 6.54 Å². The van der Waals surface area contributed by atoms with Gasteiger partial charge in [-0.05, 0) is 19.3 Å². The number of aromatic nitrogens is 2. The first kappa shape index (κ1) is 14.8. The summed E-state index contributed by atoms with van der Waals surface area (Å²) >= 11 is 0. The molecule has 0 unspecified atom stereocenters. The Balaban J connectivity index is 1.86. The number of benzene rings is 1. The molecule has 0 radical (unpaired) electrons. The number of hydrogen-bond donors (Lipinski definition) is 0. The summed E-state index contributed by atoms with van der Waals surface area (Å²) in [5.74, 6) is 1.27. The Morgan fingerprint density at radius 2 is 2.05 bits per heavy atom. The van der Waals surface area contributed by atoms with Gasteiger partial charge in [0, 0.05) is 18.0 Å². The van der Waals surface area contributed by atoms with E-state index in [2.05, 4.69) is 10.1 Å². The number of hydrogen-bond acceptors (Lipinski definition) is 4. The second-order valence-electron chi connectivity index (χ2n) is 6.02. The van der Waals surface area contributed by atoms with Crippen molar-refractivity contribution in [1.29, 1.82) is 0 Å². The Labute approximate surface area is 130 Å². The van der Waals surface area contributed by atoms with E-state index in [1.807, 2.05) is 49.1 Å². The summed E-state index contributed by atoms with van der Waals surface area (Å²) in [5.41, 5.74) is 0.926. The Morgan fingerprint density at radius 1 is 1.27 bits per heavy atom. The van der Waals surface area contributed by atoms with Crippen LogP contribution < -0.4 is 0 Å². The zero-order valence-corrected chi connectivity index (χ0v) is 13.0. The number of amides is 1. The molecule has 1 fully saturated rings. The molecule has 1 aliphatic heterocycles. The van der Waals surface area contributed by atoms with Gasteiger partial charge in [0.2, 0.25) is 17.6 Å². The van der Waals surface area contributed by atoms with E-state index in [0.717, 1.165) is 31.4 Å². The zero-order chi connectivity index (χ0) is 15.5. The zero-order valence-electron chi connectivity index (χ0n) is 13.0. The van der Waals surface area contributed by atoms with Gasteiger partial charge in [0.25, 0.3) is 0 Å². The van der Waals surface area contributed by atoms with Crippen molar-refractivity contribution < 1.29 is 9.32 Å². The van der Waals surface area contributed by atoms with E-state index in [-0.39, 0.29) is 17.9 Å². The third kappa shape index (κ3) is 2.89. The quantitative estimate of drug-likeness (QED) is 0.871. The number of likely N-dealkylation sites (tertiary alicyclic amines) is 1. The van der Waals surface area contributed by atoms with E-state index in [4.69, 9.17) is 4.52 Å². The van der Waals surface area contributed by atoms with Crippen LogP contribution in [0.2, 0.25) is 0 Å². The predicted molar refractivity (Wildman–Crippen MR) is 82.9 cm³/mol. The first-order chi connectivity index (χ1) is 10.7.